The van der Waals surface area contributed by atoms with E-state index in [1.54, 1.807) is 66.9 Å². The number of hydrogen-bond acceptors (Lipinski definition) is 3. The highest BCUT2D eigenvalue weighted by Gasteiger charge is 2.30. The van der Waals surface area contributed by atoms with E-state index >= 15 is 0 Å². The molecule has 0 spiro atoms. The van der Waals surface area contributed by atoms with Gasteiger partial charge in [-0.05, 0) is 77.2 Å². The Hall–Kier alpha value is -6.10. The van der Waals surface area contributed by atoms with Crippen molar-refractivity contribution >= 4 is 11.9 Å². The van der Waals surface area contributed by atoms with Crippen LogP contribution in [0.4, 0.5) is 22.0 Å². The molecule has 0 unspecified atom stereocenters. The predicted octanol–water partition coefficient (Wildman–Crippen LogP) is 9.43. The third kappa shape index (κ3) is 9.07. The number of halogens is 5. The fourth-order valence-electron chi connectivity index (χ4n) is 5.14. The molecule has 50 heavy (non-hydrogen) atoms. The maximum atomic E-state index is 14.5. The number of carboxylic acids is 2. The normalized spacial score (nSPS) is 11.1. The molecule has 6 aromatic rings. The first-order chi connectivity index (χ1) is 23.9. The molecule has 254 valence electrons. The highest BCUT2D eigenvalue weighted by Crippen LogP contribution is 2.32. The zero-order chi connectivity index (χ0) is 35.8. The Morgan fingerprint density at radius 3 is 1.90 bits per heavy atom. The van der Waals surface area contributed by atoms with Gasteiger partial charge in [0, 0.05) is 30.8 Å². The Kier molecular flexibility index (Phi) is 10.9. The fourth-order valence-corrected chi connectivity index (χ4v) is 5.14. The van der Waals surface area contributed by atoms with E-state index in [0.29, 0.717) is 47.6 Å². The number of alkyl halides is 3. The van der Waals surface area contributed by atoms with E-state index in [1.807, 2.05) is 16.7 Å². The minimum atomic E-state index is -4.42. The Morgan fingerprint density at radius 2 is 1.30 bits per heavy atom. The smallest absolute Gasteiger partial charge is 0.416 e. The molecule has 0 atom stereocenters. The molecule has 11 heteroatoms. The van der Waals surface area contributed by atoms with E-state index in [9.17, 15) is 31.5 Å². The second-order valence-electron chi connectivity index (χ2n) is 11.2. The molecule has 0 aliphatic carbocycles. The molecule has 0 amide bonds. The van der Waals surface area contributed by atoms with Gasteiger partial charge in [-0.3, -0.25) is 0 Å². The second kappa shape index (κ2) is 15.4. The number of hydrogen-bond donors (Lipinski definition) is 2. The van der Waals surface area contributed by atoms with Crippen molar-refractivity contribution in [1.29, 1.82) is 0 Å². The van der Waals surface area contributed by atoms with Crippen LogP contribution in [0.3, 0.4) is 0 Å². The summed E-state index contributed by atoms with van der Waals surface area (Å²) in [7, 11) is 0. The molecule has 0 bridgehead atoms. The van der Waals surface area contributed by atoms with Gasteiger partial charge in [0.25, 0.3) is 0 Å². The Balaban J connectivity index is 0.000000470. The number of benzene rings is 5. The SMILES string of the molecule is O=C(O)c1ccc(Cn2cc(-c3ccc(F)cc3F)nc2CCc2ccc(-c3cccc(C(F)(F)F)c3)cc2)cc1.O=C(O)c1ccccc1. The van der Waals surface area contributed by atoms with Crippen LogP contribution in [-0.2, 0) is 25.6 Å². The molecule has 1 heterocycles. The maximum absolute atomic E-state index is 14.5. The molecule has 0 fully saturated rings. The van der Waals surface area contributed by atoms with Gasteiger partial charge in [-0.1, -0.05) is 66.7 Å². The van der Waals surface area contributed by atoms with Crippen molar-refractivity contribution in [3.63, 3.8) is 0 Å². The number of imidazole rings is 1. The van der Waals surface area contributed by atoms with Gasteiger partial charge in [0.15, 0.2) is 0 Å². The van der Waals surface area contributed by atoms with E-state index < -0.39 is 35.3 Å². The van der Waals surface area contributed by atoms with Crippen molar-refractivity contribution in [1.82, 2.24) is 9.55 Å². The van der Waals surface area contributed by atoms with Crippen LogP contribution in [-0.4, -0.2) is 31.7 Å². The number of aromatic nitrogens is 2. The zero-order valence-corrected chi connectivity index (χ0v) is 26.2. The summed E-state index contributed by atoms with van der Waals surface area (Å²) in [6.45, 7) is 0.347. The average molecular weight is 685 g/mol. The molecule has 6 nitrogen and oxygen atoms in total. The van der Waals surface area contributed by atoms with Gasteiger partial charge in [0.1, 0.15) is 17.5 Å². The molecular formula is C39H29F5N2O4. The van der Waals surface area contributed by atoms with E-state index in [-0.39, 0.29) is 11.1 Å². The maximum Gasteiger partial charge on any atom is 0.416 e. The highest BCUT2D eigenvalue weighted by atomic mass is 19.4. The van der Waals surface area contributed by atoms with Crippen molar-refractivity contribution in [3.05, 3.63) is 173 Å². The molecule has 0 saturated carbocycles. The summed E-state index contributed by atoms with van der Waals surface area (Å²) in [5.41, 5.74) is 3.11. The topological polar surface area (TPSA) is 92.4 Å². The van der Waals surface area contributed by atoms with Crippen LogP contribution in [0.5, 0.6) is 0 Å². The number of carboxylic acid groups (broad SMARTS) is 2. The summed E-state index contributed by atoms with van der Waals surface area (Å²) < 4.78 is 69.2. The van der Waals surface area contributed by atoms with E-state index in [0.717, 1.165) is 35.4 Å². The van der Waals surface area contributed by atoms with Gasteiger partial charge in [-0.15, -0.1) is 0 Å². The van der Waals surface area contributed by atoms with Crippen LogP contribution < -0.4 is 0 Å². The molecule has 6 rings (SSSR count). The number of aromatic carboxylic acids is 2. The number of carbonyl (C=O) groups is 2. The first kappa shape index (κ1) is 35.2. The molecule has 0 aliphatic rings. The molecule has 0 aliphatic heterocycles. The lowest BCUT2D eigenvalue weighted by Gasteiger charge is -2.10. The van der Waals surface area contributed by atoms with Crippen molar-refractivity contribution in [3.8, 4) is 22.4 Å². The van der Waals surface area contributed by atoms with E-state index in [4.69, 9.17) is 10.2 Å². The number of rotatable bonds is 9. The summed E-state index contributed by atoms with van der Waals surface area (Å²) in [6, 6.07) is 30.3. The average Bonchev–Trinajstić information content (AvgIpc) is 3.50. The largest absolute Gasteiger partial charge is 0.478 e. The molecule has 1 aromatic heterocycles. The first-order valence-corrected chi connectivity index (χ1v) is 15.3. The van der Waals surface area contributed by atoms with Gasteiger partial charge in [-0.2, -0.15) is 13.2 Å². The lowest BCUT2D eigenvalue weighted by molar-refractivity contribution is -0.137. The van der Waals surface area contributed by atoms with Crippen molar-refractivity contribution in [2.75, 3.05) is 0 Å². The number of aryl methyl sites for hydroxylation is 2. The van der Waals surface area contributed by atoms with Crippen LogP contribution in [0.2, 0.25) is 0 Å². The van der Waals surface area contributed by atoms with Gasteiger partial charge in [0.2, 0.25) is 0 Å². The minimum absolute atomic E-state index is 0.151. The highest BCUT2D eigenvalue weighted by molar-refractivity contribution is 5.87. The second-order valence-corrected chi connectivity index (χ2v) is 11.2. The molecule has 5 aromatic carbocycles. The summed E-state index contributed by atoms with van der Waals surface area (Å²) in [5.74, 6) is -2.72. The minimum Gasteiger partial charge on any atom is -0.478 e. The monoisotopic (exact) mass is 684 g/mol. The van der Waals surface area contributed by atoms with E-state index in [2.05, 4.69) is 4.98 Å². The summed E-state index contributed by atoms with van der Waals surface area (Å²) in [4.78, 5) is 26.0. The van der Waals surface area contributed by atoms with Crippen molar-refractivity contribution in [2.24, 2.45) is 0 Å². The Morgan fingerprint density at radius 1 is 0.660 bits per heavy atom. The quantitative estimate of drug-likeness (QED) is 0.148. The predicted molar refractivity (Wildman–Crippen MR) is 178 cm³/mol. The standard InChI is InChI=1S/C32H23F5N2O2.C7H6O2/c33-26-13-14-27(28(34)17-26)29-19-39(18-21-6-11-23(12-7-21)31(40)41)30(38-29)15-8-20-4-9-22(10-5-20)24-2-1-3-25(16-24)32(35,36)37;8-7(9)6-4-2-1-3-5-6/h1-7,9-14,16-17,19H,8,15,18H2,(H,40,41);1-5H,(H,8,9). The zero-order valence-electron chi connectivity index (χ0n) is 26.2. The lowest BCUT2D eigenvalue weighted by Crippen LogP contribution is -2.06. The Labute approximate surface area is 283 Å². The molecule has 0 saturated heterocycles. The molecule has 2 N–H and O–H groups in total. The van der Waals surface area contributed by atoms with Crippen LogP contribution in [0.25, 0.3) is 22.4 Å². The molecule has 0 radical (unpaired) electrons. The summed E-state index contributed by atoms with van der Waals surface area (Å²) in [6.07, 6.45) is -1.75. The third-order valence-electron chi connectivity index (χ3n) is 7.76. The first-order valence-electron chi connectivity index (χ1n) is 15.3. The van der Waals surface area contributed by atoms with Crippen LogP contribution in [0, 0.1) is 11.6 Å². The molecular weight excluding hydrogens is 655 g/mol. The summed E-state index contributed by atoms with van der Waals surface area (Å²) in [5, 5.41) is 17.6. The van der Waals surface area contributed by atoms with Gasteiger partial charge < -0.3 is 14.8 Å². The van der Waals surface area contributed by atoms with Gasteiger partial charge in [-0.25, -0.2) is 23.4 Å². The van der Waals surface area contributed by atoms with Crippen LogP contribution in [0.1, 0.15) is 43.2 Å². The third-order valence-corrected chi connectivity index (χ3v) is 7.76. The van der Waals surface area contributed by atoms with Gasteiger partial charge in [0.05, 0.1) is 22.4 Å². The van der Waals surface area contributed by atoms with Crippen LogP contribution in [0.15, 0.2) is 128 Å². The number of nitrogens with zero attached hydrogens (tertiary/aromatic N) is 2. The van der Waals surface area contributed by atoms with E-state index in [1.165, 1.54) is 24.3 Å². The van der Waals surface area contributed by atoms with Crippen molar-refractivity contribution in [2.45, 2.75) is 25.6 Å². The van der Waals surface area contributed by atoms with Crippen LogP contribution >= 0.6 is 0 Å². The fraction of sp³-hybridized carbons (Fsp3) is 0.103. The lowest BCUT2D eigenvalue weighted by atomic mass is 10.0. The Bertz CT molecular complexity index is 2090. The van der Waals surface area contributed by atoms with Gasteiger partial charge >= 0.3 is 18.1 Å². The summed E-state index contributed by atoms with van der Waals surface area (Å²) >= 11 is 0. The van der Waals surface area contributed by atoms with Crippen molar-refractivity contribution < 1.29 is 41.8 Å².